The van der Waals surface area contributed by atoms with E-state index >= 15 is 0 Å². The molecule has 0 saturated heterocycles. The van der Waals surface area contributed by atoms with Gasteiger partial charge in [0.15, 0.2) is 0 Å². The number of nitrogens with zero attached hydrogens (tertiary/aromatic N) is 1. The SMILES string of the molecule is CNC(=O)C(NCc1cccn1C)C(C)C. The molecule has 0 aliphatic heterocycles. The highest BCUT2D eigenvalue weighted by molar-refractivity contribution is 5.81. The number of aromatic nitrogens is 1. The van der Waals surface area contributed by atoms with Gasteiger partial charge in [-0.1, -0.05) is 13.8 Å². The summed E-state index contributed by atoms with van der Waals surface area (Å²) in [6.45, 7) is 4.79. The minimum Gasteiger partial charge on any atom is -0.358 e. The van der Waals surface area contributed by atoms with E-state index in [1.165, 1.54) is 5.69 Å². The largest absolute Gasteiger partial charge is 0.358 e. The zero-order valence-electron chi connectivity index (χ0n) is 10.4. The molecule has 1 aromatic heterocycles. The van der Waals surface area contributed by atoms with Gasteiger partial charge in [-0.25, -0.2) is 0 Å². The van der Waals surface area contributed by atoms with Gasteiger partial charge in [0.25, 0.3) is 0 Å². The normalized spacial score (nSPS) is 12.8. The third kappa shape index (κ3) is 3.10. The molecule has 1 unspecified atom stereocenters. The predicted molar refractivity (Wildman–Crippen MR) is 64.9 cm³/mol. The highest BCUT2D eigenvalue weighted by atomic mass is 16.2. The van der Waals surface area contributed by atoms with Gasteiger partial charge < -0.3 is 15.2 Å². The van der Waals surface area contributed by atoms with E-state index in [1.54, 1.807) is 7.05 Å². The summed E-state index contributed by atoms with van der Waals surface area (Å²) in [5, 5.41) is 5.96. The minimum absolute atomic E-state index is 0.0456. The molecule has 0 aromatic carbocycles. The zero-order chi connectivity index (χ0) is 12.1. The summed E-state index contributed by atoms with van der Waals surface area (Å²) in [5.41, 5.74) is 1.18. The number of aryl methyl sites for hydroxylation is 1. The second kappa shape index (κ2) is 5.70. The van der Waals surface area contributed by atoms with Crippen LogP contribution in [0, 0.1) is 5.92 Å². The lowest BCUT2D eigenvalue weighted by Gasteiger charge is -2.20. The van der Waals surface area contributed by atoms with Crippen LogP contribution in [0.15, 0.2) is 18.3 Å². The molecule has 90 valence electrons. The standard InChI is InChI=1S/C12H21N3O/c1-9(2)11(12(16)13-3)14-8-10-6-5-7-15(10)4/h5-7,9,11,14H,8H2,1-4H3,(H,13,16). The van der Waals surface area contributed by atoms with Crippen molar-refractivity contribution >= 4 is 5.91 Å². The van der Waals surface area contributed by atoms with Crippen LogP contribution in [0.2, 0.25) is 0 Å². The first-order valence-corrected chi connectivity index (χ1v) is 5.61. The quantitative estimate of drug-likeness (QED) is 0.778. The Morgan fingerprint density at radius 2 is 2.19 bits per heavy atom. The lowest BCUT2D eigenvalue weighted by molar-refractivity contribution is -0.123. The number of amides is 1. The molecular weight excluding hydrogens is 202 g/mol. The molecule has 4 nitrogen and oxygen atoms in total. The van der Waals surface area contributed by atoms with E-state index in [2.05, 4.69) is 10.6 Å². The molecule has 4 heteroatoms. The fourth-order valence-corrected chi connectivity index (χ4v) is 1.68. The molecule has 2 N–H and O–H groups in total. The van der Waals surface area contributed by atoms with Crippen LogP contribution < -0.4 is 10.6 Å². The van der Waals surface area contributed by atoms with Crippen molar-refractivity contribution in [1.82, 2.24) is 15.2 Å². The molecule has 0 aliphatic carbocycles. The van der Waals surface area contributed by atoms with Crippen LogP contribution in [0.1, 0.15) is 19.5 Å². The van der Waals surface area contributed by atoms with E-state index in [-0.39, 0.29) is 17.9 Å². The summed E-state index contributed by atoms with van der Waals surface area (Å²) in [6, 6.07) is 3.91. The average molecular weight is 223 g/mol. The van der Waals surface area contributed by atoms with Gasteiger partial charge in [-0.05, 0) is 18.1 Å². The van der Waals surface area contributed by atoms with Crippen LogP contribution in [-0.2, 0) is 18.4 Å². The van der Waals surface area contributed by atoms with Gasteiger partial charge in [0.2, 0.25) is 5.91 Å². The Hall–Kier alpha value is -1.29. The number of hydrogen-bond acceptors (Lipinski definition) is 2. The number of likely N-dealkylation sites (N-methyl/N-ethyl adjacent to an activating group) is 1. The molecule has 1 atom stereocenters. The maximum atomic E-state index is 11.6. The summed E-state index contributed by atoms with van der Waals surface area (Å²) in [4.78, 5) is 11.6. The summed E-state index contributed by atoms with van der Waals surface area (Å²) in [5.74, 6) is 0.324. The molecular formula is C12H21N3O. The van der Waals surface area contributed by atoms with E-state index in [9.17, 15) is 4.79 Å². The van der Waals surface area contributed by atoms with Crippen LogP contribution >= 0.6 is 0 Å². The number of rotatable bonds is 5. The molecule has 0 radical (unpaired) electrons. The third-order valence-corrected chi connectivity index (χ3v) is 2.75. The van der Waals surface area contributed by atoms with Crippen LogP contribution in [0.5, 0.6) is 0 Å². The number of hydrogen-bond donors (Lipinski definition) is 2. The van der Waals surface area contributed by atoms with Crippen molar-refractivity contribution in [3.63, 3.8) is 0 Å². The fraction of sp³-hybridized carbons (Fsp3) is 0.583. The Kier molecular flexibility index (Phi) is 4.55. The van der Waals surface area contributed by atoms with Gasteiger partial charge >= 0.3 is 0 Å². The lowest BCUT2D eigenvalue weighted by atomic mass is 10.0. The number of carbonyl (C=O) groups excluding carboxylic acids is 1. The van der Waals surface area contributed by atoms with Crippen LogP contribution in [0.25, 0.3) is 0 Å². The van der Waals surface area contributed by atoms with Gasteiger partial charge in [0, 0.05) is 32.5 Å². The van der Waals surface area contributed by atoms with Gasteiger partial charge in [0.1, 0.15) is 0 Å². The number of nitrogens with one attached hydrogen (secondary N) is 2. The predicted octanol–water partition coefficient (Wildman–Crippen LogP) is 0.885. The summed E-state index contributed by atoms with van der Waals surface area (Å²) < 4.78 is 2.05. The fourth-order valence-electron chi connectivity index (χ4n) is 1.68. The topological polar surface area (TPSA) is 46.1 Å². The maximum Gasteiger partial charge on any atom is 0.237 e. The van der Waals surface area contributed by atoms with Gasteiger partial charge in [0.05, 0.1) is 6.04 Å². The zero-order valence-corrected chi connectivity index (χ0v) is 10.4. The molecule has 16 heavy (non-hydrogen) atoms. The first-order valence-electron chi connectivity index (χ1n) is 5.61. The van der Waals surface area contributed by atoms with E-state index < -0.39 is 0 Å². The molecule has 0 aliphatic rings. The van der Waals surface area contributed by atoms with E-state index in [1.807, 2.05) is 43.8 Å². The Balaban J connectivity index is 2.57. The summed E-state index contributed by atoms with van der Waals surface area (Å²) in [6.07, 6.45) is 2.00. The van der Waals surface area contributed by atoms with Crippen molar-refractivity contribution in [3.05, 3.63) is 24.0 Å². The van der Waals surface area contributed by atoms with Gasteiger partial charge in [-0.3, -0.25) is 4.79 Å². The van der Waals surface area contributed by atoms with Crippen LogP contribution in [-0.4, -0.2) is 23.6 Å². The van der Waals surface area contributed by atoms with Gasteiger partial charge in [-0.15, -0.1) is 0 Å². The van der Waals surface area contributed by atoms with E-state index in [0.29, 0.717) is 6.54 Å². The smallest absolute Gasteiger partial charge is 0.237 e. The van der Waals surface area contributed by atoms with E-state index in [0.717, 1.165) is 0 Å². The second-order valence-electron chi connectivity index (χ2n) is 4.33. The second-order valence-corrected chi connectivity index (χ2v) is 4.33. The van der Waals surface area contributed by atoms with Crippen molar-refractivity contribution in [2.45, 2.75) is 26.4 Å². The highest BCUT2D eigenvalue weighted by Gasteiger charge is 2.20. The highest BCUT2D eigenvalue weighted by Crippen LogP contribution is 2.05. The molecule has 1 aromatic rings. The third-order valence-electron chi connectivity index (χ3n) is 2.75. The first-order chi connectivity index (χ1) is 7.56. The van der Waals surface area contributed by atoms with Gasteiger partial charge in [-0.2, -0.15) is 0 Å². The van der Waals surface area contributed by atoms with Crippen molar-refractivity contribution < 1.29 is 4.79 Å². The first kappa shape index (κ1) is 12.8. The van der Waals surface area contributed by atoms with Crippen molar-refractivity contribution in [3.8, 4) is 0 Å². The Bertz CT molecular complexity index is 344. The van der Waals surface area contributed by atoms with Crippen molar-refractivity contribution in [2.75, 3.05) is 7.05 Å². The summed E-state index contributed by atoms with van der Waals surface area (Å²) >= 11 is 0. The monoisotopic (exact) mass is 223 g/mol. The minimum atomic E-state index is -0.139. The molecule has 0 saturated carbocycles. The Labute approximate surface area is 97.0 Å². The molecule has 0 bridgehead atoms. The number of carbonyl (C=O) groups is 1. The Morgan fingerprint density at radius 1 is 1.50 bits per heavy atom. The van der Waals surface area contributed by atoms with Crippen molar-refractivity contribution in [1.29, 1.82) is 0 Å². The molecule has 1 rings (SSSR count). The average Bonchev–Trinajstić information content (AvgIpc) is 2.64. The van der Waals surface area contributed by atoms with Crippen molar-refractivity contribution in [2.24, 2.45) is 13.0 Å². The molecule has 0 fully saturated rings. The van der Waals surface area contributed by atoms with Crippen LogP contribution in [0.4, 0.5) is 0 Å². The molecule has 0 spiro atoms. The van der Waals surface area contributed by atoms with Crippen LogP contribution in [0.3, 0.4) is 0 Å². The molecule has 1 amide bonds. The Morgan fingerprint density at radius 3 is 2.62 bits per heavy atom. The molecule has 1 heterocycles. The summed E-state index contributed by atoms with van der Waals surface area (Å²) in [7, 11) is 3.67. The van der Waals surface area contributed by atoms with E-state index in [4.69, 9.17) is 0 Å². The maximum absolute atomic E-state index is 11.6. The lowest BCUT2D eigenvalue weighted by Crippen LogP contribution is -2.46.